The van der Waals surface area contributed by atoms with Gasteiger partial charge in [-0.3, -0.25) is 9.36 Å². The van der Waals surface area contributed by atoms with E-state index in [9.17, 15) is 9.18 Å². The number of halogens is 1. The number of amides is 1. The summed E-state index contributed by atoms with van der Waals surface area (Å²) in [6, 6.07) is 22.5. The lowest BCUT2D eigenvalue weighted by molar-refractivity contribution is -0.113. The summed E-state index contributed by atoms with van der Waals surface area (Å²) in [5.41, 5.74) is 4.43. The number of nitrogens with one attached hydrogen (secondary N) is 1. The lowest BCUT2D eigenvalue weighted by atomic mass is 9.87. The van der Waals surface area contributed by atoms with Crippen LogP contribution in [0.4, 0.5) is 10.1 Å². The Hall–Kier alpha value is -3.45. The van der Waals surface area contributed by atoms with Gasteiger partial charge in [0.15, 0.2) is 11.0 Å². The van der Waals surface area contributed by atoms with Crippen molar-refractivity contribution in [2.45, 2.75) is 38.3 Å². The first-order chi connectivity index (χ1) is 16.2. The third kappa shape index (κ3) is 5.37. The predicted molar refractivity (Wildman–Crippen MR) is 136 cm³/mol. The van der Waals surface area contributed by atoms with Crippen molar-refractivity contribution in [3.63, 3.8) is 0 Å². The summed E-state index contributed by atoms with van der Waals surface area (Å²) in [5.74, 6) is -0.0167. The molecule has 0 atom stereocenters. The number of aromatic nitrogens is 3. The first-order valence-electron chi connectivity index (χ1n) is 11.0. The molecule has 7 heteroatoms. The van der Waals surface area contributed by atoms with Crippen LogP contribution < -0.4 is 5.32 Å². The fraction of sp³-hybridized carbons (Fsp3) is 0.222. The Kier molecular flexibility index (Phi) is 6.84. The van der Waals surface area contributed by atoms with Crippen LogP contribution in [-0.2, 0) is 10.2 Å². The van der Waals surface area contributed by atoms with Gasteiger partial charge in [-0.1, -0.05) is 86.6 Å². The summed E-state index contributed by atoms with van der Waals surface area (Å²) >= 11 is 1.26. The zero-order chi connectivity index (χ0) is 24.3. The van der Waals surface area contributed by atoms with Crippen molar-refractivity contribution in [3.8, 4) is 17.1 Å². The van der Waals surface area contributed by atoms with Crippen molar-refractivity contribution in [2.24, 2.45) is 0 Å². The summed E-state index contributed by atoms with van der Waals surface area (Å²) < 4.78 is 15.8. The first-order valence-corrected chi connectivity index (χ1v) is 12.0. The van der Waals surface area contributed by atoms with Crippen LogP contribution in [-0.4, -0.2) is 26.4 Å². The van der Waals surface area contributed by atoms with Gasteiger partial charge in [-0.2, -0.15) is 0 Å². The van der Waals surface area contributed by atoms with Gasteiger partial charge in [0, 0.05) is 11.3 Å². The molecule has 0 radical (unpaired) electrons. The number of aryl methyl sites for hydroxylation is 1. The quantitative estimate of drug-likeness (QED) is 0.328. The van der Waals surface area contributed by atoms with Crippen LogP contribution in [0.5, 0.6) is 0 Å². The van der Waals surface area contributed by atoms with E-state index in [4.69, 9.17) is 0 Å². The van der Waals surface area contributed by atoms with Crippen molar-refractivity contribution >= 4 is 23.4 Å². The lowest BCUT2D eigenvalue weighted by Gasteiger charge is -2.19. The molecule has 0 saturated carbocycles. The highest BCUT2D eigenvalue weighted by molar-refractivity contribution is 7.99. The van der Waals surface area contributed by atoms with Crippen molar-refractivity contribution in [2.75, 3.05) is 11.1 Å². The number of anilines is 1. The average molecular weight is 475 g/mol. The molecule has 1 aromatic heterocycles. The van der Waals surface area contributed by atoms with E-state index >= 15 is 0 Å². The highest BCUT2D eigenvalue weighted by Crippen LogP contribution is 2.30. The second-order valence-electron chi connectivity index (χ2n) is 9.12. The molecule has 0 unspecified atom stereocenters. The average Bonchev–Trinajstić information content (AvgIpc) is 3.23. The number of carbonyl (C=O) groups excluding carboxylic acids is 1. The van der Waals surface area contributed by atoms with Gasteiger partial charge in [0.05, 0.1) is 11.4 Å². The number of benzene rings is 3. The first kappa shape index (κ1) is 23.7. The third-order valence-electron chi connectivity index (χ3n) is 5.41. The molecule has 0 aliphatic rings. The SMILES string of the molecule is Cc1ccc(-n2c(SCC(=O)Nc3ccccc3F)nnc2-c2ccc(C(C)(C)C)cc2)cc1. The Balaban J connectivity index is 1.62. The van der Waals surface area contributed by atoms with Gasteiger partial charge in [-0.15, -0.1) is 10.2 Å². The Labute approximate surface area is 203 Å². The molecule has 0 aliphatic heterocycles. The fourth-order valence-electron chi connectivity index (χ4n) is 3.48. The van der Waals surface area contributed by atoms with Crippen molar-refractivity contribution in [1.29, 1.82) is 0 Å². The molecule has 4 rings (SSSR count). The largest absolute Gasteiger partial charge is 0.323 e. The van der Waals surface area contributed by atoms with Gasteiger partial charge in [0.1, 0.15) is 5.82 Å². The Morgan fingerprint density at radius 1 is 0.971 bits per heavy atom. The maximum Gasteiger partial charge on any atom is 0.234 e. The molecule has 5 nitrogen and oxygen atoms in total. The topological polar surface area (TPSA) is 59.8 Å². The fourth-order valence-corrected chi connectivity index (χ4v) is 4.23. The Morgan fingerprint density at radius 3 is 2.29 bits per heavy atom. The zero-order valence-electron chi connectivity index (χ0n) is 19.7. The molecule has 1 heterocycles. The monoisotopic (exact) mass is 474 g/mol. The summed E-state index contributed by atoms with van der Waals surface area (Å²) in [5, 5.41) is 12.0. The number of hydrogen-bond acceptors (Lipinski definition) is 4. The minimum absolute atomic E-state index is 0.0514. The number of rotatable bonds is 6. The zero-order valence-corrected chi connectivity index (χ0v) is 20.5. The molecular weight excluding hydrogens is 447 g/mol. The molecule has 3 aromatic carbocycles. The van der Waals surface area contributed by atoms with Crippen LogP contribution in [0.3, 0.4) is 0 Å². The van der Waals surface area contributed by atoms with Crippen molar-refractivity contribution in [1.82, 2.24) is 14.8 Å². The van der Waals surface area contributed by atoms with Crippen LogP contribution in [0.2, 0.25) is 0 Å². The van der Waals surface area contributed by atoms with Crippen LogP contribution >= 0.6 is 11.8 Å². The normalized spacial score (nSPS) is 11.4. The number of hydrogen-bond donors (Lipinski definition) is 1. The molecule has 1 amide bonds. The van der Waals surface area contributed by atoms with Gasteiger partial charge in [-0.25, -0.2) is 4.39 Å². The molecule has 0 aliphatic carbocycles. The second-order valence-corrected chi connectivity index (χ2v) is 10.1. The van der Waals surface area contributed by atoms with E-state index in [0.29, 0.717) is 11.0 Å². The molecule has 1 N–H and O–H groups in total. The Morgan fingerprint density at radius 2 is 1.65 bits per heavy atom. The highest BCUT2D eigenvalue weighted by Gasteiger charge is 2.19. The number of para-hydroxylation sites is 1. The van der Waals surface area contributed by atoms with Crippen LogP contribution in [0.1, 0.15) is 31.9 Å². The lowest BCUT2D eigenvalue weighted by Crippen LogP contribution is -2.15. The second kappa shape index (κ2) is 9.81. The van der Waals surface area contributed by atoms with Crippen LogP contribution in [0.25, 0.3) is 17.1 Å². The molecule has 0 bridgehead atoms. The summed E-state index contributed by atoms with van der Waals surface area (Å²) in [6.07, 6.45) is 0. The van der Waals surface area contributed by atoms with Gasteiger partial charge in [0.25, 0.3) is 0 Å². The van der Waals surface area contributed by atoms with Crippen LogP contribution in [0.15, 0.2) is 78.0 Å². The molecule has 0 spiro atoms. The summed E-state index contributed by atoms with van der Waals surface area (Å²) in [7, 11) is 0. The number of carbonyl (C=O) groups is 1. The molecule has 0 saturated heterocycles. The van der Waals surface area contributed by atoms with Gasteiger partial charge in [-0.05, 0) is 42.2 Å². The maximum atomic E-state index is 13.9. The van der Waals surface area contributed by atoms with E-state index in [1.54, 1.807) is 12.1 Å². The number of nitrogens with zero attached hydrogens (tertiary/aromatic N) is 3. The molecule has 174 valence electrons. The summed E-state index contributed by atoms with van der Waals surface area (Å²) in [6.45, 7) is 8.57. The molecule has 34 heavy (non-hydrogen) atoms. The standard InChI is InChI=1S/C27H27FN4OS/c1-18-9-15-21(16-10-18)32-25(19-11-13-20(14-12-19)27(2,3)4)30-31-26(32)34-17-24(33)29-23-8-6-5-7-22(23)28/h5-16H,17H2,1-4H3,(H,29,33). The van der Waals surface area contributed by atoms with Gasteiger partial charge >= 0.3 is 0 Å². The summed E-state index contributed by atoms with van der Waals surface area (Å²) in [4.78, 5) is 12.5. The minimum Gasteiger partial charge on any atom is -0.323 e. The predicted octanol–water partition coefficient (Wildman–Crippen LogP) is 6.41. The van der Waals surface area contributed by atoms with E-state index < -0.39 is 5.82 Å². The van der Waals surface area contributed by atoms with Gasteiger partial charge in [0.2, 0.25) is 5.91 Å². The molecular formula is C27H27FN4OS. The molecule has 0 fully saturated rings. The van der Waals surface area contributed by atoms with Crippen molar-refractivity contribution < 1.29 is 9.18 Å². The van der Waals surface area contributed by atoms with E-state index in [-0.39, 0.29) is 22.8 Å². The van der Waals surface area contributed by atoms with Gasteiger partial charge < -0.3 is 5.32 Å². The van der Waals surface area contributed by atoms with E-state index in [1.807, 2.05) is 35.8 Å². The van der Waals surface area contributed by atoms with E-state index in [0.717, 1.165) is 16.8 Å². The molecule has 4 aromatic rings. The maximum absolute atomic E-state index is 13.9. The minimum atomic E-state index is -0.468. The number of thioether (sulfide) groups is 1. The highest BCUT2D eigenvalue weighted by atomic mass is 32.2. The Bertz CT molecular complexity index is 1290. The van der Waals surface area contributed by atoms with Crippen LogP contribution in [0, 0.1) is 12.7 Å². The smallest absolute Gasteiger partial charge is 0.234 e. The van der Waals surface area contributed by atoms with E-state index in [2.05, 4.69) is 60.6 Å². The van der Waals surface area contributed by atoms with Crippen molar-refractivity contribution in [3.05, 3.63) is 89.7 Å². The van der Waals surface area contributed by atoms with E-state index in [1.165, 1.54) is 29.5 Å². The third-order valence-corrected chi connectivity index (χ3v) is 6.34.